The number of halogens is 1. The molecule has 1 aliphatic heterocycles. The van der Waals surface area contributed by atoms with Gasteiger partial charge in [-0.15, -0.1) is 11.3 Å². The lowest BCUT2D eigenvalue weighted by atomic mass is 10.1. The maximum atomic E-state index is 13.1. The summed E-state index contributed by atoms with van der Waals surface area (Å²) in [5.41, 5.74) is 2.50. The fourth-order valence-electron chi connectivity index (χ4n) is 3.65. The second-order valence-electron chi connectivity index (χ2n) is 7.93. The molecule has 4 rings (SSSR count). The summed E-state index contributed by atoms with van der Waals surface area (Å²) in [5.74, 6) is 0.633. The first kappa shape index (κ1) is 22.4. The SMILES string of the molecule is CCCCOc1ccc(C(=O)N2CCN(Cc3nc(-c4ccc(F)cc4)cs3)CC2)cc1. The van der Waals surface area contributed by atoms with Gasteiger partial charge in [0.05, 0.1) is 18.8 Å². The Morgan fingerprint density at radius 1 is 1.06 bits per heavy atom. The molecule has 1 aromatic heterocycles. The third kappa shape index (κ3) is 5.72. The van der Waals surface area contributed by atoms with Gasteiger partial charge in [-0.2, -0.15) is 0 Å². The maximum absolute atomic E-state index is 13.1. The number of rotatable bonds is 8. The van der Waals surface area contributed by atoms with Gasteiger partial charge in [-0.25, -0.2) is 9.37 Å². The fourth-order valence-corrected chi connectivity index (χ4v) is 4.49. The minimum absolute atomic E-state index is 0.0672. The van der Waals surface area contributed by atoms with Gasteiger partial charge in [0.1, 0.15) is 16.6 Å². The zero-order valence-corrected chi connectivity index (χ0v) is 19.1. The number of ether oxygens (including phenoxy) is 1. The number of hydrogen-bond acceptors (Lipinski definition) is 5. The summed E-state index contributed by atoms with van der Waals surface area (Å²) in [6.07, 6.45) is 2.13. The van der Waals surface area contributed by atoms with Gasteiger partial charge in [0.2, 0.25) is 0 Å². The van der Waals surface area contributed by atoms with E-state index in [0.29, 0.717) is 25.3 Å². The van der Waals surface area contributed by atoms with E-state index in [1.54, 1.807) is 23.5 Å². The second kappa shape index (κ2) is 10.7. The van der Waals surface area contributed by atoms with Crippen molar-refractivity contribution in [1.82, 2.24) is 14.8 Å². The molecule has 32 heavy (non-hydrogen) atoms. The van der Waals surface area contributed by atoms with Crippen LogP contribution in [0.1, 0.15) is 35.1 Å². The third-order valence-electron chi connectivity index (χ3n) is 5.58. The molecule has 0 radical (unpaired) electrons. The zero-order valence-electron chi connectivity index (χ0n) is 18.3. The van der Waals surface area contributed by atoms with Crippen molar-refractivity contribution in [2.75, 3.05) is 32.8 Å². The molecule has 1 fully saturated rings. The summed E-state index contributed by atoms with van der Waals surface area (Å²) in [7, 11) is 0. The summed E-state index contributed by atoms with van der Waals surface area (Å²) in [4.78, 5) is 21.8. The van der Waals surface area contributed by atoms with Crippen LogP contribution in [0.2, 0.25) is 0 Å². The molecule has 7 heteroatoms. The van der Waals surface area contributed by atoms with Crippen molar-refractivity contribution >= 4 is 17.2 Å². The Kier molecular flexibility index (Phi) is 7.50. The molecule has 0 aliphatic carbocycles. The summed E-state index contributed by atoms with van der Waals surface area (Å²) in [6, 6.07) is 13.9. The quantitative estimate of drug-likeness (QED) is 0.446. The highest BCUT2D eigenvalue weighted by atomic mass is 32.1. The number of aromatic nitrogens is 1. The molecule has 3 aromatic rings. The first-order chi connectivity index (χ1) is 15.6. The van der Waals surface area contributed by atoms with Crippen LogP contribution in [0.4, 0.5) is 4.39 Å². The van der Waals surface area contributed by atoms with Gasteiger partial charge in [0.15, 0.2) is 0 Å². The van der Waals surface area contributed by atoms with E-state index in [1.807, 2.05) is 34.5 Å². The van der Waals surface area contributed by atoms with Crippen LogP contribution in [0.3, 0.4) is 0 Å². The van der Waals surface area contributed by atoms with E-state index >= 15 is 0 Å². The van der Waals surface area contributed by atoms with Crippen molar-refractivity contribution < 1.29 is 13.9 Å². The molecule has 0 spiro atoms. The molecule has 5 nitrogen and oxygen atoms in total. The first-order valence-corrected chi connectivity index (χ1v) is 11.9. The monoisotopic (exact) mass is 453 g/mol. The van der Waals surface area contributed by atoms with Gasteiger partial charge in [0, 0.05) is 42.7 Å². The van der Waals surface area contributed by atoms with Gasteiger partial charge in [-0.3, -0.25) is 9.69 Å². The Hall–Kier alpha value is -2.77. The van der Waals surface area contributed by atoms with Crippen molar-refractivity contribution in [2.45, 2.75) is 26.3 Å². The molecule has 1 saturated heterocycles. The number of carbonyl (C=O) groups excluding carboxylic acids is 1. The zero-order chi connectivity index (χ0) is 22.3. The van der Waals surface area contributed by atoms with Crippen molar-refractivity contribution in [3.8, 4) is 17.0 Å². The predicted molar refractivity (Wildman–Crippen MR) is 126 cm³/mol. The van der Waals surface area contributed by atoms with Gasteiger partial charge in [-0.05, 0) is 55.0 Å². The molecular formula is C25H28FN3O2S. The summed E-state index contributed by atoms with van der Waals surface area (Å²) < 4.78 is 18.8. The molecule has 1 amide bonds. The molecule has 0 atom stereocenters. The molecule has 2 heterocycles. The second-order valence-corrected chi connectivity index (χ2v) is 8.87. The number of nitrogens with zero attached hydrogens (tertiary/aromatic N) is 3. The van der Waals surface area contributed by atoms with Crippen molar-refractivity contribution in [1.29, 1.82) is 0 Å². The number of piperazine rings is 1. The maximum Gasteiger partial charge on any atom is 0.253 e. The average Bonchev–Trinajstić information content (AvgIpc) is 3.29. The van der Waals surface area contributed by atoms with E-state index in [9.17, 15) is 9.18 Å². The number of thiazole rings is 1. The van der Waals surface area contributed by atoms with E-state index in [-0.39, 0.29) is 11.7 Å². The first-order valence-electron chi connectivity index (χ1n) is 11.1. The van der Waals surface area contributed by atoms with Crippen LogP contribution < -0.4 is 4.74 Å². The Bertz CT molecular complexity index is 1010. The largest absolute Gasteiger partial charge is 0.494 e. The highest BCUT2D eigenvalue weighted by molar-refractivity contribution is 7.09. The summed E-state index contributed by atoms with van der Waals surface area (Å²) in [6.45, 7) is 6.62. The Balaban J connectivity index is 1.27. The number of amides is 1. The lowest BCUT2D eigenvalue weighted by molar-refractivity contribution is 0.0628. The third-order valence-corrected chi connectivity index (χ3v) is 6.41. The van der Waals surface area contributed by atoms with E-state index < -0.39 is 0 Å². The number of benzene rings is 2. The highest BCUT2D eigenvalue weighted by Gasteiger charge is 2.23. The van der Waals surface area contributed by atoms with E-state index in [2.05, 4.69) is 11.8 Å². The minimum Gasteiger partial charge on any atom is -0.494 e. The van der Waals surface area contributed by atoms with Gasteiger partial charge in [-0.1, -0.05) is 13.3 Å². The molecule has 0 bridgehead atoms. The van der Waals surface area contributed by atoms with Crippen LogP contribution in [-0.2, 0) is 6.54 Å². The van der Waals surface area contributed by atoms with Crippen molar-refractivity contribution in [3.05, 3.63) is 70.3 Å². The minimum atomic E-state index is -0.243. The lowest BCUT2D eigenvalue weighted by Gasteiger charge is -2.34. The number of unbranched alkanes of at least 4 members (excludes halogenated alkanes) is 1. The molecule has 0 saturated carbocycles. The van der Waals surface area contributed by atoms with Crippen LogP contribution in [0.15, 0.2) is 53.9 Å². The van der Waals surface area contributed by atoms with Crippen molar-refractivity contribution in [2.24, 2.45) is 0 Å². The van der Waals surface area contributed by atoms with Crippen LogP contribution in [0.25, 0.3) is 11.3 Å². The standard InChI is InChI=1S/C25H28FN3O2S/c1-2-3-16-31-22-10-6-20(7-11-22)25(30)29-14-12-28(13-15-29)17-24-27-23(18-32-24)19-4-8-21(26)9-5-19/h4-11,18H,2-3,12-17H2,1H3. The summed E-state index contributed by atoms with van der Waals surface area (Å²) >= 11 is 1.62. The van der Waals surface area contributed by atoms with E-state index in [4.69, 9.17) is 9.72 Å². The Labute approximate surface area is 192 Å². The van der Waals surface area contributed by atoms with Crippen LogP contribution >= 0.6 is 11.3 Å². The molecule has 168 valence electrons. The Morgan fingerprint density at radius 3 is 2.47 bits per heavy atom. The van der Waals surface area contributed by atoms with E-state index in [1.165, 1.54) is 12.1 Å². The van der Waals surface area contributed by atoms with Crippen LogP contribution in [-0.4, -0.2) is 53.5 Å². The van der Waals surface area contributed by atoms with Gasteiger partial charge < -0.3 is 9.64 Å². The van der Waals surface area contributed by atoms with Gasteiger partial charge >= 0.3 is 0 Å². The van der Waals surface area contributed by atoms with Gasteiger partial charge in [0.25, 0.3) is 5.91 Å². The molecular weight excluding hydrogens is 425 g/mol. The normalized spacial score (nSPS) is 14.5. The molecule has 0 N–H and O–H groups in total. The lowest BCUT2D eigenvalue weighted by Crippen LogP contribution is -2.48. The summed E-state index contributed by atoms with van der Waals surface area (Å²) in [5, 5.41) is 3.04. The number of carbonyl (C=O) groups is 1. The average molecular weight is 454 g/mol. The van der Waals surface area contributed by atoms with Crippen LogP contribution in [0, 0.1) is 5.82 Å². The topological polar surface area (TPSA) is 45.7 Å². The van der Waals surface area contributed by atoms with Crippen LogP contribution in [0.5, 0.6) is 5.75 Å². The molecule has 1 aliphatic rings. The smallest absolute Gasteiger partial charge is 0.253 e. The van der Waals surface area contributed by atoms with Crippen molar-refractivity contribution in [3.63, 3.8) is 0 Å². The highest BCUT2D eigenvalue weighted by Crippen LogP contribution is 2.23. The Morgan fingerprint density at radius 2 is 1.78 bits per heavy atom. The number of hydrogen-bond donors (Lipinski definition) is 0. The fraction of sp³-hybridized carbons (Fsp3) is 0.360. The molecule has 0 unspecified atom stereocenters. The predicted octanol–water partition coefficient (Wildman–Crippen LogP) is 5.09. The molecule has 2 aromatic carbocycles. The van der Waals surface area contributed by atoms with E-state index in [0.717, 1.165) is 54.5 Å².